The quantitative estimate of drug-likeness (QED) is 0.787. The van der Waals surface area contributed by atoms with Gasteiger partial charge in [-0.25, -0.2) is 13.2 Å². The Balaban J connectivity index is 1.90. The predicted molar refractivity (Wildman–Crippen MR) is 82.9 cm³/mol. The summed E-state index contributed by atoms with van der Waals surface area (Å²) in [5.74, 6) is -1.02. The van der Waals surface area contributed by atoms with E-state index in [2.05, 4.69) is 5.32 Å². The van der Waals surface area contributed by atoms with Crippen molar-refractivity contribution in [1.82, 2.24) is 0 Å². The predicted octanol–water partition coefficient (Wildman–Crippen LogP) is 2.80. The van der Waals surface area contributed by atoms with Gasteiger partial charge in [-0.15, -0.1) is 0 Å². The van der Waals surface area contributed by atoms with Gasteiger partial charge in [0.15, 0.2) is 0 Å². The highest BCUT2D eigenvalue weighted by atomic mass is 32.2. The average Bonchev–Trinajstić information content (AvgIpc) is 2.53. The molecule has 0 unspecified atom stereocenters. The van der Waals surface area contributed by atoms with Gasteiger partial charge in [0.1, 0.15) is 6.61 Å². The second-order valence-electron chi connectivity index (χ2n) is 5.80. The SMILES string of the molecule is O=C(O)COC1CCC(Nc2ccc(S(=O)(=O)C(F)(F)F)cc2)CC1. The second-order valence-corrected chi connectivity index (χ2v) is 7.74. The normalized spacial score (nSPS) is 21.7. The summed E-state index contributed by atoms with van der Waals surface area (Å²) in [7, 11) is -5.34. The maximum Gasteiger partial charge on any atom is 0.501 e. The molecular weight excluding hydrogens is 363 g/mol. The number of nitrogens with one attached hydrogen (secondary N) is 1. The Hall–Kier alpha value is -1.81. The van der Waals surface area contributed by atoms with Gasteiger partial charge in [0, 0.05) is 11.7 Å². The smallest absolute Gasteiger partial charge is 0.480 e. The lowest BCUT2D eigenvalue weighted by Crippen LogP contribution is -2.30. The van der Waals surface area contributed by atoms with Gasteiger partial charge >= 0.3 is 11.5 Å². The molecule has 1 aliphatic carbocycles. The lowest BCUT2D eigenvalue weighted by Gasteiger charge is -2.29. The lowest BCUT2D eigenvalue weighted by molar-refractivity contribution is -0.145. The van der Waals surface area contributed by atoms with Crippen LogP contribution in [0.3, 0.4) is 0 Å². The van der Waals surface area contributed by atoms with Crippen LogP contribution in [-0.4, -0.2) is 43.8 Å². The highest BCUT2D eigenvalue weighted by Gasteiger charge is 2.46. The second kappa shape index (κ2) is 7.61. The number of sulfone groups is 1. The molecule has 1 aliphatic rings. The number of anilines is 1. The minimum absolute atomic E-state index is 0.0646. The van der Waals surface area contributed by atoms with Gasteiger partial charge in [-0.1, -0.05) is 0 Å². The Kier molecular flexibility index (Phi) is 5.94. The molecule has 0 saturated heterocycles. The zero-order valence-corrected chi connectivity index (χ0v) is 13.9. The van der Waals surface area contributed by atoms with Gasteiger partial charge < -0.3 is 15.2 Å². The first-order chi connectivity index (χ1) is 11.6. The van der Waals surface area contributed by atoms with Gasteiger partial charge in [0.2, 0.25) is 0 Å². The minimum atomic E-state index is -5.34. The van der Waals surface area contributed by atoms with Gasteiger partial charge in [-0.3, -0.25) is 0 Å². The number of rotatable bonds is 6. The third-order valence-corrected chi connectivity index (χ3v) is 5.46. The summed E-state index contributed by atoms with van der Waals surface area (Å²) in [6, 6.07) is 4.51. The number of carboxylic acids is 1. The molecule has 0 amide bonds. The van der Waals surface area contributed by atoms with Gasteiger partial charge in [0.05, 0.1) is 11.0 Å². The average molecular weight is 381 g/mol. The summed E-state index contributed by atoms with van der Waals surface area (Å²) in [5.41, 5.74) is -4.80. The van der Waals surface area contributed by atoms with Crippen LogP contribution in [0.5, 0.6) is 0 Å². The number of hydrogen-bond donors (Lipinski definition) is 2. The van der Waals surface area contributed by atoms with E-state index in [-0.39, 0.29) is 18.8 Å². The van der Waals surface area contributed by atoms with Crippen molar-refractivity contribution in [2.45, 2.75) is 48.2 Å². The van der Waals surface area contributed by atoms with E-state index in [1.165, 1.54) is 12.1 Å². The fourth-order valence-electron chi connectivity index (χ4n) is 2.66. The van der Waals surface area contributed by atoms with Crippen molar-refractivity contribution in [2.24, 2.45) is 0 Å². The topological polar surface area (TPSA) is 92.7 Å². The van der Waals surface area contributed by atoms with Crippen molar-refractivity contribution >= 4 is 21.5 Å². The van der Waals surface area contributed by atoms with E-state index >= 15 is 0 Å². The molecule has 1 aromatic carbocycles. The number of carbonyl (C=O) groups is 1. The van der Waals surface area contributed by atoms with E-state index < -0.39 is 26.2 Å². The van der Waals surface area contributed by atoms with E-state index in [1.54, 1.807) is 0 Å². The Morgan fingerprint density at radius 1 is 1.16 bits per heavy atom. The number of aliphatic carboxylic acids is 1. The van der Waals surface area contributed by atoms with Crippen molar-refractivity contribution < 1.29 is 36.2 Å². The zero-order chi connectivity index (χ0) is 18.7. The van der Waals surface area contributed by atoms with Crippen molar-refractivity contribution in [3.8, 4) is 0 Å². The van der Waals surface area contributed by atoms with Crippen molar-refractivity contribution in [3.05, 3.63) is 24.3 Å². The molecule has 0 heterocycles. The third kappa shape index (κ3) is 5.08. The summed E-state index contributed by atoms with van der Waals surface area (Å²) < 4.78 is 65.3. The van der Waals surface area contributed by atoms with Crippen LogP contribution in [0.1, 0.15) is 25.7 Å². The molecule has 0 atom stereocenters. The van der Waals surface area contributed by atoms with E-state index in [9.17, 15) is 26.4 Å². The molecule has 6 nitrogen and oxygen atoms in total. The van der Waals surface area contributed by atoms with Crippen LogP contribution in [0.15, 0.2) is 29.2 Å². The molecule has 1 fully saturated rings. The maximum absolute atomic E-state index is 12.5. The minimum Gasteiger partial charge on any atom is -0.480 e. The fraction of sp³-hybridized carbons (Fsp3) is 0.533. The molecule has 2 N–H and O–H groups in total. The first-order valence-corrected chi connectivity index (χ1v) is 9.09. The number of benzene rings is 1. The summed E-state index contributed by atoms with van der Waals surface area (Å²) in [4.78, 5) is 9.66. The molecule has 1 saturated carbocycles. The van der Waals surface area contributed by atoms with Gasteiger partial charge in [-0.05, 0) is 49.9 Å². The van der Waals surface area contributed by atoms with E-state index in [1.807, 2.05) is 0 Å². The van der Waals surface area contributed by atoms with Crippen LogP contribution < -0.4 is 5.32 Å². The summed E-state index contributed by atoms with van der Waals surface area (Å²) >= 11 is 0. The van der Waals surface area contributed by atoms with Crippen LogP contribution in [0, 0.1) is 0 Å². The third-order valence-electron chi connectivity index (χ3n) is 3.96. The Labute approximate surface area is 142 Å². The van der Waals surface area contributed by atoms with Crippen LogP contribution in [-0.2, 0) is 19.4 Å². The summed E-state index contributed by atoms with van der Waals surface area (Å²) in [5, 5.41) is 11.7. The maximum atomic E-state index is 12.5. The van der Waals surface area contributed by atoms with E-state index in [0.29, 0.717) is 31.4 Å². The molecule has 2 rings (SSSR count). The van der Waals surface area contributed by atoms with Crippen LogP contribution in [0.25, 0.3) is 0 Å². The molecule has 0 aliphatic heterocycles. The first-order valence-electron chi connectivity index (χ1n) is 7.61. The molecule has 10 heteroatoms. The standard InChI is InChI=1S/C15H18F3NO5S/c16-15(17,18)25(22,23)13-7-3-11(4-8-13)19-10-1-5-12(6-2-10)24-9-14(20)21/h3-4,7-8,10,12,19H,1-2,5-6,9H2,(H,20,21). The number of alkyl halides is 3. The van der Waals surface area contributed by atoms with Crippen molar-refractivity contribution in [1.29, 1.82) is 0 Å². The van der Waals surface area contributed by atoms with Crippen molar-refractivity contribution in [3.63, 3.8) is 0 Å². The molecule has 0 radical (unpaired) electrons. The van der Waals surface area contributed by atoms with E-state index in [0.717, 1.165) is 12.1 Å². The Morgan fingerprint density at radius 3 is 2.20 bits per heavy atom. The monoisotopic (exact) mass is 381 g/mol. The molecule has 25 heavy (non-hydrogen) atoms. The molecule has 0 bridgehead atoms. The largest absolute Gasteiger partial charge is 0.501 e. The lowest BCUT2D eigenvalue weighted by atomic mass is 9.93. The first kappa shape index (κ1) is 19.5. The molecule has 0 spiro atoms. The van der Waals surface area contributed by atoms with Gasteiger partial charge in [0.25, 0.3) is 9.84 Å². The molecule has 0 aromatic heterocycles. The Bertz CT molecular complexity index is 695. The highest BCUT2D eigenvalue weighted by molar-refractivity contribution is 7.92. The van der Waals surface area contributed by atoms with E-state index in [4.69, 9.17) is 9.84 Å². The fourth-order valence-corrected chi connectivity index (χ4v) is 3.42. The highest BCUT2D eigenvalue weighted by Crippen LogP contribution is 2.31. The number of carboxylic acid groups (broad SMARTS) is 1. The van der Waals surface area contributed by atoms with Crippen LogP contribution in [0.2, 0.25) is 0 Å². The number of ether oxygens (including phenoxy) is 1. The van der Waals surface area contributed by atoms with Crippen molar-refractivity contribution in [2.75, 3.05) is 11.9 Å². The summed E-state index contributed by atoms with van der Waals surface area (Å²) in [6.07, 6.45) is 2.66. The number of hydrogen-bond acceptors (Lipinski definition) is 5. The van der Waals surface area contributed by atoms with Crippen LogP contribution >= 0.6 is 0 Å². The molecule has 1 aromatic rings. The zero-order valence-electron chi connectivity index (χ0n) is 13.1. The Morgan fingerprint density at radius 2 is 1.72 bits per heavy atom. The number of halogens is 3. The molecule has 140 valence electrons. The molecular formula is C15H18F3NO5S. The summed E-state index contributed by atoms with van der Waals surface area (Å²) in [6.45, 7) is -0.335. The van der Waals surface area contributed by atoms with Crippen LogP contribution in [0.4, 0.5) is 18.9 Å². The van der Waals surface area contributed by atoms with Gasteiger partial charge in [-0.2, -0.15) is 13.2 Å².